The van der Waals surface area contributed by atoms with Crippen LogP contribution in [0.2, 0.25) is 0 Å². The molecule has 0 unspecified atom stereocenters. The summed E-state index contributed by atoms with van der Waals surface area (Å²) in [6.45, 7) is 3.57. The fourth-order valence-electron chi connectivity index (χ4n) is 3.85. The number of azide groups is 1. The molecule has 0 aromatic carbocycles. The van der Waals surface area contributed by atoms with Crippen LogP contribution in [0, 0.1) is 0 Å². The molecule has 2 N–H and O–H groups in total. The second kappa shape index (κ2) is 6.77. The average molecular weight is 415 g/mol. The fourth-order valence-corrected chi connectivity index (χ4v) is 3.85. The minimum atomic E-state index is -0.871. The summed E-state index contributed by atoms with van der Waals surface area (Å²) in [5.74, 6) is -0.718. The number of hydrogen-bond acceptors (Lipinski definition) is 9. The Hall–Kier alpha value is -2.99. The second-order valence-corrected chi connectivity index (χ2v) is 7.93. The van der Waals surface area contributed by atoms with E-state index in [9.17, 15) is 4.79 Å². The first-order valence-electron chi connectivity index (χ1n) is 9.69. The molecule has 13 nitrogen and oxygen atoms in total. The number of likely N-dealkylation sites (N-methyl/N-ethyl adjacent to an activating group) is 1. The van der Waals surface area contributed by atoms with Gasteiger partial charge < -0.3 is 24.8 Å². The number of anilines is 1. The van der Waals surface area contributed by atoms with Crippen molar-refractivity contribution in [1.29, 1.82) is 0 Å². The lowest BCUT2D eigenvalue weighted by molar-refractivity contribution is -0.197. The van der Waals surface area contributed by atoms with Crippen LogP contribution in [0.3, 0.4) is 0 Å². The molecule has 3 aliphatic rings. The lowest BCUT2D eigenvalue weighted by Gasteiger charge is -2.24. The van der Waals surface area contributed by atoms with Gasteiger partial charge in [-0.15, -0.1) is 0 Å². The van der Waals surface area contributed by atoms with Gasteiger partial charge in [0.2, 0.25) is 5.95 Å². The number of nitrogens with zero attached hydrogens (tertiary/aromatic N) is 7. The molecular formula is C17H21N9O4. The summed E-state index contributed by atoms with van der Waals surface area (Å²) < 4.78 is 19.7. The summed E-state index contributed by atoms with van der Waals surface area (Å²) in [4.78, 5) is 28.3. The van der Waals surface area contributed by atoms with Gasteiger partial charge in [-0.1, -0.05) is 0 Å². The van der Waals surface area contributed by atoms with E-state index >= 15 is 0 Å². The number of rotatable bonds is 5. The highest BCUT2D eigenvalue weighted by atomic mass is 16.8. The quantitative estimate of drug-likeness (QED) is 0.422. The van der Waals surface area contributed by atoms with Crippen molar-refractivity contribution in [1.82, 2.24) is 24.8 Å². The van der Waals surface area contributed by atoms with E-state index in [1.165, 1.54) is 7.05 Å². The smallest absolute Gasteiger partial charge is 0.251 e. The molecule has 0 bridgehead atoms. The van der Waals surface area contributed by atoms with Gasteiger partial charge in [0, 0.05) is 18.0 Å². The molecule has 5 rings (SSSR count). The number of ether oxygens (including phenoxy) is 3. The molecule has 2 aliphatic heterocycles. The van der Waals surface area contributed by atoms with E-state index in [1.54, 1.807) is 24.7 Å². The van der Waals surface area contributed by atoms with Gasteiger partial charge in [-0.3, -0.25) is 9.36 Å². The van der Waals surface area contributed by atoms with Crippen molar-refractivity contribution in [2.24, 2.45) is 5.11 Å². The van der Waals surface area contributed by atoms with Crippen LogP contribution in [0.4, 0.5) is 11.8 Å². The van der Waals surface area contributed by atoms with E-state index in [0.29, 0.717) is 23.0 Å². The Kier molecular flexibility index (Phi) is 4.29. The van der Waals surface area contributed by atoms with E-state index < -0.39 is 30.3 Å². The number of amides is 1. The van der Waals surface area contributed by atoms with E-state index in [0.717, 1.165) is 12.8 Å². The number of aromatic nitrogens is 4. The summed E-state index contributed by atoms with van der Waals surface area (Å²) in [7, 11) is 1.54. The van der Waals surface area contributed by atoms with Crippen molar-refractivity contribution in [3.63, 3.8) is 0 Å². The Morgan fingerprint density at radius 2 is 2.10 bits per heavy atom. The van der Waals surface area contributed by atoms with Crippen molar-refractivity contribution >= 4 is 28.8 Å². The molecular weight excluding hydrogens is 394 g/mol. The molecule has 2 aromatic rings. The lowest BCUT2D eigenvalue weighted by Crippen LogP contribution is -2.41. The van der Waals surface area contributed by atoms with Crippen molar-refractivity contribution in [2.75, 3.05) is 12.4 Å². The predicted octanol–water partition coefficient (Wildman–Crippen LogP) is 1.51. The number of imidazole rings is 1. The molecule has 30 heavy (non-hydrogen) atoms. The molecule has 13 heteroatoms. The van der Waals surface area contributed by atoms with E-state index in [2.05, 4.69) is 35.6 Å². The second-order valence-electron chi connectivity index (χ2n) is 7.93. The van der Waals surface area contributed by atoms with Gasteiger partial charge in [-0.2, -0.15) is 0 Å². The Bertz CT molecular complexity index is 1060. The average Bonchev–Trinajstić information content (AvgIpc) is 3.19. The van der Waals surface area contributed by atoms with Crippen LogP contribution in [-0.4, -0.2) is 62.6 Å². The van der Waals surface area contributed by atoms with E-state index in [4.69, 9.17) is 19.7 Å². The van der Waals surface area contributed by atoms with Crippen LogP contribution in [0.5, 0.6) is 0 Å². The summed E-state index contributed by atoms with van der Waals surface area (Å²) in [5.41, 5.74) is 9.76. The molecule has 158 valence electrons. The molecule has 4 atom stereocenters. The maximum atomic E-state index is 12.4. The Morgan fingerprint density at radius 1 is 1.33 bits per heavy atom. The zero-order chi connectivity index (χ0) is 21.0. The van der Waals surface area contributed by atoms with Crippen molar-refractivity contribution in [3.05, 3.63) is 16.8 Å². The van der Waals surface area contributed by atoms with Crippen LogP contribution in [-0.2, 0) is 19.0 Å². The van der Waals surface area contributed by atoms with Gasteiger partial charge >= 0.3 is 0 Å². The number of fused-ring (bicyclic) bond motifs is 2. The molecule has 0 spiro atoms. The third-order valence-electron chi connectivity index (χ3n) is 5.27. The molecule has 1 aliphatic carbocycles. The van der Waals surface area contributed by atoms with E-state index in [1.807, 2.05) is 0 Å². The zero-order valence-electron chi connectivity index (χ0n) is 16.6. The SMILES string of the molecule is CNC(=O)[C@H]1O[C@@H](n2cnc3c(NC4CC4)nc(N=[N+]=[N-])nc32)[C@@H]2OC(C)(C)O[C@@H]21. The van der Waals surface area contributed by atoms with Gasteiger partial charge in [0.25, 0.3) is 5.91 Å². The summed E-state index contributed by atoms with van der Waals surface area (Å²) in [6.07, 6.45) is 0.903. The molecule has 0 radical (unpaired) electrons. The summed E-state index contributed by atoms with van der Waals surface area (Å²) in [6, 6.07) is 0.310. The van der Waals surface area contributed by atoms with Gasteiger partial charge in [0.15, 0.2) is 35.1 Å². The van der Waals surface area contributed by atoms with Crippen LogP contribution in [0.25, 0.3) is 21.6 Å². The molecule has 1 saturated carbocycles. The van der Waals surface area contributed by atoms with Crippen molar-refractivity contribution in [3.8, 4) is 0 Å². The van der Waals surface area contributed by atoms with Gasteiger partial charge in [0.05, 0.1) is 6.33 Å². The normalized spacial score (nSPS) is 29.4. The standard InChI is InChI=1S/C17H21N9O4/c1-17(2)29-9-10(14(27)19-3)28-15(11(9)30-17)26-6-20-8-12(21-7-4-5-7)22-16(24-25-18)23-13(8)26/h6-7,9-11,15H,4-5H2,1-3H3,(H,19,27)(H,21,22,23)/t9-,10+,11-,15-/m1/s1. The number of nitrogens with one attached hydrogen (secondary N) is 2. The van der Waals surface area contributed by atoms with Crippen LogP contribution >= 0.6 is 0 Å². The molecule has 2 aromatic heterocycles. The fraction of sp³-hybridized carbons (Fsp3) is 0.647. The maximum absolute atomic E-state index is 12.4. The largest absolute Gasteiger partial charge is 0.365 e. The van der Waals surface area contributed by atoms with Gasteiger partial charge in [-0.25, -0.2) is 15.0 Å². The Balaban J connectivity index is 1.59. The third kappa shape index (κ3) is 3.12. The first-order valence-corrected chi connectivity index (χ1v) is 9.69. The maximum Gasteiger partial charge on any atom is 0.251 e. The van der Waals surface area contributed by atoms with Gasteiger partial charge in [-0.05, 0) is 37.3 Å². The molecule has 3 fully saturated rings. The predicted molar refractivity (Wildman–Crippen MR) is 103 cm³/mol. The minimum Gasteiger partial charge on any atom is -0.365 e. The van der Waals surface area contributed by atoms with Crippen molar-refractivity contribution in [2.45, 2.75) is 63.1 Å². The number of hydrogen-bond donors (Lipinski definition) is 2. The highest BCUT2D eigenvalue weighted by Gasteiger charge is 2.58. The highest BCUT2D eigenvalue weighted by Crippen LogP contribution is 2.44. The summed E-state index contributed by atoms with van der Waals surface area (Å²) >= 11 is 0. The first kappa shape index (κ1) is 19.0. The van der Waals surface area contributed by atoms with Crippen LogP contribution in [0.1, 0.15) is 32.9 Å². The topological polar surface area (TPSA) is 161 Å². The first-order chi connectivity index (χ1) is 14.4. The number of carbonyl (C=O) groups is 1. The van der Waals surface area contributed by atoms with Gasteiger partial charge in [0.1, 0.15) is 12.2 Å². The lowest BCUT2D eigenvalue weighted by atomic mass is 10.1. The van der Waals surface area contributed by atoms with Crippen LogP contribution in [0.15, 0.2) is 11.4 Å². The van der Waals surface area contributed by atoms with Crippen molar-refractivity contribution < 1.29 is 19.0 Å². The molecule has 2 saturated heterocycles. The minimum absolute atomic E-state index is 0.0313. The zero-order valence-corrected chi connectivity index (χ0v) is 16.6. The Morgan fingerprint density at radius 3 is 2.80 bits per heavy atom. The monoisotopic (exact) mass is 415 g/mol. The Labute approximate surface area is 170 Å². The molecule has 4 heterocycles. The van der Waals surface area contributed by atoms with Crippen LogP contribution < -0.4 is 10.6 Å². The summed E-state index contributed by atoms with van der Waals surface area (Å²) in [5, 5.41) is 9.44. The van der Waals surface area contributed by atoms with E-state index in [-0.39, 0.29) is 11.9 Å². The molecule has 1 amide bonds. The third-order valence-corrected chi connectivity index (χ3v) is 5.27. The number of carbonyl (C=O) groups excluding carboxylic acids is 1. The highest BCUT2D eigenvalue weighted by molar-refractivity contribution is 5.85.